The van der Waals surface area contributed by atoms with Crippen LogP contribution < -0.4 is 5.32 Å². The Bertz CT molecular complexity index is 300. The summed E-state index contributed by atoms with van der Waals surface area (Å²) in [6, 6.07) is 0. The maximum absolute atomic E-state index is 11.9. The second-order valence-electron chi connectivity index (χ2n) is 3.87. The number of hydrogen-bond donors (Lipinski definition) is 1. The Morgan fingerprint density at radius 1 is 1.31 bits per heavy atom. The van der Waals surface area contributed by atoms with Gasteiger partial charge in [-0.2, -0.15) is 13.2 Å². The minimum atomic E-state index is -4.89. The van der Waals surface area contributed by atoms with Crippen molar-refractivity contribution in [3.05, 3.63) is 0 Å². The summed E-state index contributed by atoms with van der Waals surface area (Å²) in [5.41, 5.74) is -0.787. The van der Waals surface area contributed by atoms with Gasteiger partial charge in [0.15, 0.2) is 5.78 Å². The highest BCUT2D eigenvalue weighted by atomic mass is 79.9. The van der Waals surface area contributed by atoms with Gasteiger partial charge < -0.3 is 5.32 Å². The van der Waals surface area contributed by atoms with Gasteiger partial charge in [-0.3, -0.25) is 9.59 Å². The molecule has 1 fully saturated rings. The fraction of sp³-hybridized carbons (Fsp3) is 0.778. The van der Waals surface area contributed by atoms with Gasteiger partial charge in [-0.05, 0) is 12.8 Å². The van der Waals surface area contributed by atoms with Gasteiger partial charge in [0.05, 0.1) is 5.33 Å². The van der Waals surface area contributed by atoms with Crippen LogP contribution in [-0.2, 0) is 9.59 Å². The summed E-state index contributed by atoms with van der Waals surface area (Å²) in [5.74, 6) is -2.14. The Labute approximate surface area is 98.9 Å². The molecule has 1 amide bonds. The molecule has 92 valence electrons. The Balaban J connectivity index is 2.53. The van der Waals surface area contributed by atoms with E-state index in [0.717, 1.165) is 6.42 Å². The smallest absolute Gasteiger partial charge is 0.347 e. The summed E-state index contributed by atoms with van der Waals surface area (Å²) in [6.45, 7) is -0.226. The van der Waals surface area contributed by atoms with Crippen molar-refractivity contribution >= 4 is 27.6 Å². The van der Waals surface area contributed by atoms with Crippen molar-refractivity contribution in [2.75, 3.05) is 11.9 Å². The summed E-state index contributed by atoms with van der Waals surface area (Å²) in [6.07, 6.45) is -3.01. The van der Waals surface area contributed by atoms with E-state index in [0.29, 0.717) is 12.8 Å². The largest absolute Gasteiger partial charge is 0.471 e. The summed E-state index contributed by atoms with van der Waals surface area (Å²) >= 11 is 2.99. The molecule has 0 aromatic carbocycles. The van der Waals surface area contributed by atoms with Crippen molar-refractivity contribution in [2.24, 2.45) is 5.41 Å². The highest BCUT2D eigenvalue weighted by molar-refractivity contribution is 9.09. The van der Waals surface area contributed by atoms with E-state index in [1.54, 1.807) is 5.32 Å². The molecule has 0 radical (unpaired) electrons. The fourth-order valence-corrected chi connectivity index (χ4v) is 2.24. The van der Waals surface area contributed by atoms with Crippen LogP contribution in [0.1, 0.15) is 19.3 Å². The summed E-state index contributed by atoms with van der Waals surface area (Å²) in [4.78, 5) is 22.1. The average Bonchev–Trinajstić information content (AvgIpc) is 2.13. The standard InChI is InChI=1S/C9H11BrF3NO2/c10-4-6(15)8(2-1-3-8)5-14-7(16)9(11,12)13/h1-5H2,(H,14,16). The number of carbonyl (C=O) groups excluding carboxylic acids is 2. The van der Waals surface area contributed by atoms with Crippen LogP contribution in [0.25, 0.3) is 0 Å². The normalized spacial score (nSPS) is 18.8. The van der Waals surface area contributed by atoms with E-state index in [1.165, 1.54) is 0 Å². The van der Waals surface area contributed by atoms with Crippen LogP contribution >= 0.6 is 15.9 Å². The highest BCUT2D eigenvalue weighted by Gasteiger charge is 2.45. The van der Waals surface area contributed by atoms with E-state index in [1.807, 2.05) is 0 Å². The molecule has 1 saturated carbocycles. The molecular formula is C9H11BrF3NO2. The molecule has 1 rings (SSSR count). The minimum absolute atomic E-state index is 0.106. The van der Waals surface area contributed by atoms with Crippen molar-refractivity contribution in [3.8, 4) is 0 Å². The third-order valence-corrected chi connectivity index (χ3v) is 3.38. The zero-order valence-corrected chi connectivity index (χ0v) is 9.95. The molecule has 1 aliphatic rings. The SMILES string of the molecule is O=C(NCC1(C(=O)CBr)CCC1)C(F)(F)F. The lowest BCUT2D eigenvalue weighted by Crippen LogP contribution is -2.50. The van der Waals surface area contributed by atoms with E-state index in [9.17, 15) is 22.8 Å². The number of hydrogen-bond acceptors (Lipinski definition) is 2. The lowest BCUT2D eigenvalue weighted by molar-refractivity contribution is -0.174. The van der Waals surface area contributed by atoms with Gasteiger partial charge in [0.25, 0.3) is 0 Å². The Kier molecular flexibility index (Phi) is 3.98. The van der Waals surface area contributed by atoms with Crippen LogP contribution in [0.5, 0.6) is 0 Å². The first-order valence-electron chi connectivity index (χ1n) is 4.76. The van der Waals surface area contributed by atoms with Crippen LogP contribution in [0.15, 0.2) is 0 Å². The molecule has 0 bridgehead atoms. The van der Waals surface area contributed by atoms with Crippen LogP contribution in [0.2, 0.25) is 0 Å². The van der Waals surface area contributed by atoms with Gasteiger partial charge >= 0.3 is 12.1 Å². The van der Waals surface area contributed by atoms with Crippen molar-refractivity contribution in [2.45, 2.75) is 25.4 Å². The molecule has 16 heavy (non-hydrogen) atoms. The average molecular weight is 302 g/mol. The maximum Gasteiger partial charge on any atom is 0.471 e. The summed E-state index contributed by atoms with van der Waals surface area (Å²) in [7, 11) is 0. The summed E-state index contributed by atoms with van der Waals surface area (Å²) < 4.78 is 35.8. The third kappa shape index (κ3) is 2.75. The first-order valence-corrected chi connectivity index (χ1v) is 5.88. The maximum atomic E-state index is 11.9. The number of Topliss-reactive ketones (excluding diaryl/α,β-unsaturated/α-hetero) is 1. The van der Waals surface area contributed by atoms with Gasteiger partial charge in [-0.25, -0.2) is 0 Å². The van der Waals surface area contributed by atoms with E-state index >= 15 is 0 Å². The van der Waals surface area contributed by atoms with Gasteiger partial charge in [0.1, 0.15) is 0 Å². The van der Waals surface area contributed by atoms with Crippen molar-refractivity contribution in [3.63, 3.8) is 0 Å². The molecule has 1 N–H and O–H groups in total. The zero-order valence-electron chi connectivity index (χ0n) is 8.36. The predicted molar refractivity (Wildman–Crippen MR) is 54.1 cm³/mol. The second-order valence-corrected chi connectivity index (χ2v) is 4.43. The molecule has 0 aromatic heterocycles. The quantitative estimate of drug-likeness (QED) is 0.805. The second kappa shape index (κ2) is 4.73. The molecule has 0 unspecified atom stereocenters. The molecule has 0 atom stereocenters. The number of ketones is 1. The molecule has 1 aliphatic carbocycles. The monoisotopic (exact) mass is 301 g/mol. The molecule has 0 aliphatic heterocycles. The third-order valence-electron chi connectivity index (χ3n) is 2.87. The van der Waals surface area contributed by atoms with Crippen molar-refractivity contribution < 1.29 is 22.8 Å². The fourth-order valence-electron chi connectivity index (χ4n) is 1.65. The van der Waals surface area contributed by atoms with Crippen LogP contribution in [-0.4, -0.2) is 29.7 Å². The highest BCUT2D eigenvalue weighted by Crippen LogP contribution is 2.41. The van der Waals surface area contributed by atoms with E-state index in [2.05, 4.69) is 15.9 Å². The molecule has 0 aromatic rings. The molecule has 0 spiro atoms. The first kappa shape index (κ1) is 13.5. The molecule has 7 heteroatoms. The van der Waals surface area contributed by atoms with Crippen molar-refractivity contribution in [1.29, 1.82) is 0 Å². The number of carbonyl (C=O) groups is 2. The van der Waals surface area contributed by atoms with Gasteiger partial charge in [-0.15, -0.1) is 0 Å². The minimum Gasteiger partial charge on any atom is -0.347 e. The van der Waals surface area contributed by atoms with Gasteiger partial charge in [0.2, 0.25) is 0 Å². The Morgan fingerprint density at radius 2 is 1.88 bits per heavy atom. The van der Waals surface area contributed by atoms with Crippen LogP contribution in [0.4, 0.5) is 13.2 Å². The number of nitrogens with one attached hydrogen (secondary N) is 1. The number of amides is 1. The molecule has 0 heterocycles. The lowest BCUT2D eigenvalue weighted by Gasteiger charge is -2.40. The van der Waals surface area contributed by atoms with Gasteiger partial charge in [0, 0.05) is 12.0 Å². The van der Waals surface area contributed by atoms with E-state index in [-0.39, 0.29) is 17.7 Å². The zero-order chi connectivity index (χ0) is 12.4. The molecule has 3 nitrogen and oxygen atoms in total. The molecule has 0 saturated heterocycles. The summed E-state index contributed by atoms with van der Waals surface area (Å²) in [5, 5.41) is 1.88. The van der Waals surface area contributed by atoms with Crippen LogP contribution in [0, 0.1) is 5.41 Å². The topological polar surface area (TPSA) is 46.2 Å². The molecular weight excluding hydrogens is 291 g/mol. The first-order chi connectivity index (χ1) is 7.32. The van der Waals surface area contributed by atoms with Crippen molar-refractivity contribution in [1.82, 2.24) is 5.32 Å². The van der Waals surface area contributed by atoms with E-state index < -0.39 is 17.5 Å². The number of rotatable bonds is 4. The Morgan fingerprint density at radius 3 is 2.19 bits per heavy atom. The van der Waals surface area contributed by atoms with Gasteiger partial charge in [-0.1, -0.05) is 22.4 Å². The van der Waals surface area contributed by atoms with Crippen LogP contribution in [0.3, 0.4) is 0 Å². The van der Waals surface area contributed by atoms with E-state index in [4.69, 9.17) is 0 Å². The Hall–Kier alpha value is -0.590. The number of alkyl halides is 4. The lowest BCUT2D eigenvalue weighted by atomic mass is 9.66. The number of halogens is 4. The predicted octanol–water partition coefficient (Wildman–Crippen LogP) is 1.80.